The highest BCUT2D eigenvalue weighted by atomic mass is 32.2. The summed E-state index contributed by atoms with van der Waals surface area (Å²) in [5.74, 6) is -1.10. The number of anilines is 1. The number of carbonyl (C=O) groups excluding carboxylic acids is 1. The number of likely N-dealkylation sites (N-methyl/N-ethyl adjacent to an activating group) is 1. The third kappa shape index (κ3) is 4.20. The van der Waals surface area contributed by atoms with Crippen molar-refractivity contribution in [3.8, 4) is 0 Å². The van der Waals surface area contributed by atoms with Gasteiger partial charge in [0.15, 0.2) is 5.17 Å². The van der Waals surface area contributed by atoms with Crippen LogP contribution in [0.4, 0.5) is 11.4 Å². The largest absolute Gasteiger partial charge is 0.478 e. The minimum atomic E-state index is -0.984. The number of carboxylic acids is 1. The summed E-state index contributed by atoms with van der Waals surface area (Å²) in [7, 11) is 5.63. The van der Waals surface area contributed by atoms with Gasteiger partial charge in [0.25, 0.3) is 5.91 Å². The highest BCUT2D eigenvalue weighted by molar-refractivity contribution is 8.18. The van der Waals surface area contributed by atoms with Gasteiger partial charge >= 0.3 is 5.97 Å². The molecule has 0 radical (unpaired) electrons. The van der Waals surface area contributed by atoms with Crippen LogP contribution in [0.1, 0.15) is 15.9 Å². The lowest BCUT2D eigenvalue weighted by molar-refractivity contribution is -0.121. The highest BCUT2D eigenvalue weighted by Crippen LogP contribution is 2.33. The molecule has 0 aromatic heterocycles. The molecule has 1 aliphatic rings. The number of carbonyl (C=O) groups is 2. The summed E-state index contributed by atoms with van der Waals surface area (Å²) >= 11 is 1.30. The van der Waals surface area contributed by atoms with Crippen molar-refractivity contribution in [2.24, 2.45) is 4.99 Å². The highest BCUT2D eigenvalue weighted by Gasteiger charge is 2.30. The fourth-order valence-corrected chi connectivity index (χ4v) is 3.45. The number of benzene rings is 2. The first-order chi connectivity index (χ1) is 12.8. The summed E-state index contributed by atoms with van der Waals surface area (Å²) in [5.41, 5.74) is 2.83. The molecule has 2 aromatic carbocycles. The van der Waals surface area contributed by atoms with Crippen molar-refractivity contribution >= 4 is 46.3 Å². The first-order valence-corrected chi connectivity index (χ1v) is 9.04. The molecule has 1 amide bonds. The van der Waals surface area contributed by atoms with Crippen molar-refractivity contribution in [2.45, 2.75) is 0 Å². The average molecular weight is 381 g/mol. The van der Waals surface area contributed by atoms with Crippen molar-refractivity contribution in [2.75, 3.05) is 26.0 Å². The van der Waals surface area contributed by atoms with Gasteiger partial charge in [-0.05, 0) is 59.8 Å². The van der Waals surface area contributed by atoms with Crippen LogP contribution in [-0.2, 0) is 4.79 Å². The van der Waals surface area contributed by atoms with E-state index < -0.39 is 5.97 Å². The van der Waals surface area contributed by atoms with Gasteiger partial charge in [-0.25, -0.2) is 9.79 Å². The van der Waals surface area contributed by atoms with Crippen LogP contribution < -0.4 is 4.90 Å². The zero-order valence-electron chi connectivity index (χ0n) is 15.2. The zero-order valence-corrected chi connectivity index (χ0v) is 16.0. The molecular formula is C20H19N3O3S. The number of amides is 1. The topological polar surface area (TPSA) is 73.2 Å². The smallest absolute Gasteiger partial charge is 0.335 e. The molecule has 1 saturated heterocycles. The Morgan fingerprint density at radius 1 is 1.11 bits per heavy atom. The summed E-state index contributed by atoms with van der Waals surface area (Å²) in [4.78, 5) is 32.0. The molecule has 1 fully saturated rings. The minimum Gasteiger partial charge on any atom is -0.478 e. The maximum Gasteiger partial charge on any atom is 0.335 e. The van der Waals surface area contributed by atoms with Crippen LogP contribution in [0.5, 0.6) is 0 Å². The first kappa shape index (κ1) is 18.7. The lowest BCUT2D eigenvalue weighted by atomic mass is 10.2. The van der Waals surface area contributed by atoms with Crippen LogP contribution >= 0.6 is 11.8 Å². The van der Waals surface area contributed by atoms with E-state index >= 15 is 0 Å². The number of nitrogens with zero attached hydrogens (tertiary/aromatic N) is 3. The summed E-state index contributed by atoms with van der Waals surface area (Å²) in [6, 6.07) is 14.2. The molecule has 1 heterocycles. The van der Waals surface area contributed by atoms with E-state index in [0.29, 0.717) is 15.8 Å². The van der Waals surface area contributed by atoms with E-state index in [4.69, 9.17) is 5.11 Å². The van der Waals surface area contributed by atoms with Crippen molar-refractivity contribution < 1.29 is 14.7 Å². The summed E-state index contributed by atoms with van der Waals surface area (Å²) in [5, 5.41) is 9.51. The lowest BCUT2D eigenvalue weighted by Crippen LogP contribution is -2.23. The fraction of sp³-hybridized carbons (Fsp3) is 0.150. The van der Waals surface area contributed by atoms with E-state index in [0.717, 1.165) is 11.3 Å². The van der Waals surface area contributed by atoms with E-state index in [-0.39, 0.29) is 11.5 Å². The molecule has 1 aliphatic heterocycles. The zero-order chi connectivity index (χ0) is 19.6. The second-order valence-corrected chi connectivity index (χ2v) is 7.22. The van der Waals surface area contributed by atoms with Crippen LogP contribution in [0.15, 0.2) is 58.4 Å². The van der Waals surface area contributed by atoms with Gasteiger partial charge in [-0.3, -0.25) is 9.69 Å². The van der Waals surface area contributed by atoms with Gasteiger partial charge in [-0.1, -0.05) is 12.1 Å². The van der Waals surface area contributed by atoms with Gasteiger partial charge in [0.1, 0.15) is 0 Å². The van der Waals surface area contributed by atoms with Crippen LogP contribution in [0.25, 0.3) is 6.08 Å². The van der Waals surface area contributed by atoms with E-state index in [2.05, 4.69) is 4.99 Å². The quantitative estimate of drug-likeness (QED) is 0.818. The van der Waals surface area contributed by atoms with Crippen LogP contribution in [0, 0.1) is 0 Å². The Kier molecular flexibility index (Phi) is 5.32. The first-order valence-electron chi connectivity index (χ1n) is 8.22. The van der Waals surface area contributed by atoms with Gasteiger partial charge in [-0.2, -0.15) is 0 Å². The molecule has 7 heteroatoms. The van der Waals surface area contributed by atoms with Gasteiger partial charge in [0.05, 0.1) is 16.2 Å². The summed E-state index contributed by atoms with van der Waals surface area (Å²) < 4.78 is 0. The number of rotatable bonds is 4. The Labute approximate surface area is 161 Å². The van der Waals surface area contributed by atoms with Crippen LogP contribution in [0.2, 0.25) is 0 Å². The minimum absolute atomic E-state index is 0.113. The molecule has 0 bridgehead atoms. The van der Waals surface area contributed by atoms with Crippen molar-refractivity contribution in [3.05, 3.63) is 64.6 Å². The molecule has 0 aliphatic carbocycles. The number of aliphatic imine (C=N–C) groups is 1. The number of hydrogen-bond donors (Lipinski definition) is 1. The lowest BCUT2D eigenvalue weighted by Gasteiger charge is -2.11. The van der Waals surface area contributed by atoms with Gasteiger partial charge < -0.3 is 10.0 Å². The monoisotopic (exact) mass is 381 g/mol. The van der Waals surface area contributed by atoms with Crippen LogP contribution in [-0.4, -0.2) is 48.2 Å². The Hall–Kier alpha value is -3.06. The van der Waals surface area contributed by atoms with E-state index in [1.807, 2.05) is 49.3 Å². The standard InChI is InChI=1S/C20H19N3O3S/c1-22(2)16-10-4-13(5-11-16)12-17-18(24)23(3)20(27-17)21-15-8-6-14(7-9-15)19(25)26/h4-12H,1-3H3,(H,25,26)/b17-12-,21-20?. The van der Waals surface area contributed by atoms with E-state index in [1.54, 1.807) is 19.2 Å². The van der Waals surface area contributed by atoms with Crippen LogP contribution in [0.3, 0.4) is 0 Å². The molecule has 6 nitrogen and oxygen atoms in total. The normalized spacial score (nSPS) is 17.0. The molecule has 0 unspecified atom stereocenters. The SMILES string of the molecule is CN1C(=O)/C(=C/c2ccc(N(C)C)cc2)SC1=Nc1ccc(C(=O)O)cc1. The van der Waals surface area contributed by atoms with Crippen molar-refractivity contribution in [1.82, 2.24) is 4.90 Å². The Bertz CT molecular complexity index is 932. The molecule has 138 valence electrons. The number of hydrogen-bond acceptors (Lipinski definition) is 5. The van der Waals surface area contributed by atoms with E-state index in [1.165, 1.54) is 28.8 Å². The van der Waals surface area contributed by atoms with Crippen molar-refractivity contribution in [1.29, 1.82) is 0 Å². The van der Waals surface area contributed by atoms with E-state index in [9.17, 15) is 9.59 Å². The summed E-state index contributed by atoms with van der Waals surface area (Å²) in [6.07, 6.45) is 1.85. The third-order valence-corrected chi connectivity index (χ3v) is 5.11. The Balaban J connectivity index is 1.82. The number of amidine groups is 1. The predicted molar refractivity (Wildman–Crippen MR) is 110 cm³/mol. The Morgan fingerprint density at radius 3 is 2.30 bits per heavy atom. The summed E-state index contributed by atoms with van der Waals surface area (Å²) in [6.45, 7) is 0. The Morgan fingerprint density at radius 2 is 1.74 bits per heavy atom. The predicted octanol–water partition coefficient (Wildman–Crippen LogP) is 3.68. The molecule has 0 spiro atoms. The van der Waals surface area contributed by atoms with Crippen molar-refractivity contribution in [3.63, 3.8) is 0 Å². The number of thioether (sulfide) groups is 1. The maximum absolute atomic E-state index is 12.5. The molecule has 0 atom stereocenters. The number of carboxylic acid groups (broad SMARTS) is 1. The average Bonchev–Trinajstić information content (AvgIpc) is 2.90. The molecule has 1 N–H and O–H groups in total. The van der Waals surface area contributed by atoms with Gasteiger partial charge in [0.2, 0.25) is 0 Å². The fourth-order valence-electron chi connectivity index (χ4n) is 2.46. The number of aromatic carboxylic acids is 1. The molecule has 3 rings (SSSR count). The maximum atomic E-state index is 12.5. The molecule has 27 heavy (non-hydrogen) atoms. The molecule has 2 aromatic rings. The second kappa shape index (κ2) is 7.67. The second-order valence-electron chi connectivity index (χ2n) is 6.21. The van der Waals surface area contributed by atoms with Gasteiger partial charge in [0, 0.05) is 26.8 Å². The molecular weight excluding hydrogens is 362 g/mol. The third-order valence-electron chi connectivity index (χ3n) is 4.05. The molecule has 0 saturated carbocycles. The van der Waals surface area contributed by atoms with Gasteiger partial charge in [-0.15, -0.1) is 0 Å².